The molecule has 0 saturated carbocycles. The van der Waals surface area contributed by atoms with E-state index in [1.54, 1.807) is 31.4 Å². The Labute approximate surface area is 126 Å². The van der Waals surface area contributed by atoms with Crippen molar-refractivity contribution >= 4 is 17.6 Å². The van der Waals surface area contributed by atoms with Crippen LogP contribution in [-0.4, -0.2) is 23.3 Å². The molecule has 0 aliphatic rings. The van der Waals surface area contributed by atoms with Gasteiger partial charge in [-0.15, -0.1) is 0 Å². The minimum Gasteiger partial charge on any atom is -0.504 e. The maximum absolute atomic E-state index is 11.0. The normalized spacial score (nSPS) is 10.2. The van der Waals surface area contributed by atoms with Crippen molar-refractivity contribution in [3.05, 3.63) is 52.5 Å². The molecule has 2 aromatic rings. The predicted octanol–water partition coefficient (Wildman–Crippen LogP) is 3.33. The van der Waals surface area contributed by atoms with E-state index in [0.29, 0.717) is 0 Å². The van der Waals surface area contributed by atoms with Crippen LogP contribution in [0.15, 0.2) is 36.4 Å². The number of aromatic hydroxyl groups is 1. The van der Waals surface area contributed by atoms with Crippen LogP contribution in [0.1, 0.15) is 15.9 Å². The molecule has 0 unspecified atom stereocenters. The molecule has 0 fully saturated rings. The van der Waals surface area contributed by atoms with E-state index in [1.807, 2.05) is 0 Å². The van der Waals surface area contributed by atoms with Gasteiger partial charge in [0.15, 0.2) is 11.5 Å². The van der Waals surface area contributed by atoms with Gasteiger partial charge in [0.25, 0.3) is 0 Å². The van der Waals surface area contributed by atoms with E-state index in [4.69, 9.17) is 26.2 Å². The van der Waals surface area contributed by atoms with Gasteiger partial charge in [-0.05, 0) is 23.8 Å². The van der Waals surface area contributed by atoms with Crippen LogP contribution in [0.5, 0.6) is 17.2 Å². The number of benzene rings is 2. The Kier molecular flexibility index (Phi) is 4.55. The van der Waals surface area contributed by atoms with Crippen LogP contribution < -0.4 is 9.47 Å². The van der Waals surface area contributed by atoms with Gasteiger partial charge in [-0.3, -0.25) is 0 Å². The van der Waals surface area contributed by atoms with Gasteiger partial charge < -0.3 is 19.7 Å². The summed E-state index contributed by atoms with van der Waals surface area (Å²) < 4.78 is 10.5. The van der Waals surface area contributed by atoms with Gasteiger partial charge >= 0.3 is 5.97 Å². The zero-order valence-electron chi connectivity index (χ0n) is 11.2. The molecule has 2 aromatic carbocycles. The zero-order chi connectivity index (χ0) is 15.4. The lowest BCUT2D eigenvalue weighted by Crippen LogP contribution is -2.01. The number of hydrogen-bond acceptors (Lipinski definition) is 4. The van der Waals surface area contributed by atoms with Gasteiger partial charge in [-0.25, -0.2) is 4.79 Å². The molecule has 0 bridgehead atoms. The number of phenols is 1. The molecule has 5 nitrogen and oxygen atoms in total. The molecular formula is C15H13ClO5. The minimum atomic E-state index is -1.27. The molecule has 0 heterocycles. The van der Waals surface area contributed by atoms with Crippen molar-refractivity contribution in [2.24, 2.45) is 0 Å². The fourth-order valence-electron chi connectivity index (χ4n) is 1.73. The number of carboxylic acid groups (broad SMARTS) is 1. The SMILES string of the molecule is COc1ccc(COc2cc(Cl)cc(C(=O)O)c2O)cc1. The molecule has 110 valence electrons. The summed E-state index contributed by atoms with van der Waals surface area (Å²) in [5.74, 6) is -0.974. The highest BCUT2D eigenvalue weighted by molar-refractivity contribution is 6.31. The molecule has 0 atom stereocenters. The van der Waals surface area contributed by atoms with Crippen LogP contribution in [0.2, 0.25) is 5.02 Å². The lowest BCUT2D eigenvalue weighted by molar-refractivity contribution is 0.0692. The van der Waals surface area contributed by atoms with Crippen molar-refractivity contribution in [2.45, 2.75) is 6.61 Å². The summed E-state index contributed by atoms with van der Waals surface area (Å²) in [6.45, 7) is 0.164. The highest BCUT2D eigenvalue weighted by Gasteiger charge is 2.16. The van der Waals surface area contributed by atoms with Gasteiger partial charge in [0.2, 0.25) is 0 Å². The molecule has 0 aliphatic heterocycles. The smallest absolute Gasteiger partial charge is 0.339 e. The Balaban J connectivity index is 2.17. The first kappa shape index (κ1) is 15.0. The van der Waals surface area contributed by atoms with E-state index in [1.165, 1.54) is 12.1 Å². The fourth-order valence-corrected chi connectivity index (χ4v) is 1.94. The molecule has 0 aromatic heterocycles. The topological polar surface area (TPSA) is 76.0 Å². The highest BCUT2D eigenvalue weighted by atomic mass is 35.5. The Morgan fingerprint density at radius 2 is 1.90 bits per heavy atom. The summed E-state index contributed by atoms with van der Waals surface area (Å²) in [6.07, 6.45) is 0. The first-order valence-corrected chi connectivity index (χ1v) is 6.40. The van der Waals surface area contributed by atoms with Crippen LogP contribution in [0.3, 0.4) is 0 Å². The number of ether oxygens (including phenoxy) is 2. The average Bonchev–Trinajstić information content (AvgIpc) is 2.48. The predicted molar refractivity (Wildman–Crippen MR) is 77.4 cm³/mol. The first-order valence-electron chi connectivity index (χ1n) is 6.03. The van der Waals surface area contributed by atoms with Crippen molar-refractivity contribution < 1.29 is 24.5 Å². The zero-order valence-corrected chi connectivity index (χ0v) is 11.9. The van der Waals surface area contributed by atoms with E-state index in [0.717, 1.165) is 11.3 Å². The number of carboxylic acids is 1. The number of aromatic carboxylic acids is 1. The third-order valence-corrected chi connectivity index (χ3v) is 3.04. The average molecular weight is 309 g/mol. The van der Waals surface area contributed by atoms with E-state index in [-0.39, 0.29) is 22.9 Å². The number of hydrogen-bond donors (Lipinski definition) is 2. The van der Waals surface area contributed by atoms with Crippen molar-refractivity contribution in [3.63, 3.8) is 0 Å². The van der Waals surface area contributed by atoms with Gasteiger partial charge in [-0.1, -0.05) is 23.7 Å². The maximum atomic E-state index is 11.0. The number of rotatable bonds is 5. The molecule has 2 N–H and O–H groups in total. The molecule has 0 spiro atoms. The second-order valence-corrected chi connectivity index (χ2v) is 4.68. The van der Waals surface area contributed by atoms with Crippen molar-refractivity contribution in [2.75, 3.05) is 7.11 Å². The van der Waals surface area contributed by atoms with E-state index in [9.17, 15) is 9.90 Å². The summed E-state index contributed by atoms with van der Waals surface area (Å²) in [5.41, 5.74) is 0.541. The first-order chi connectivity index (χ1) is 10.0. The third-order valence-electron chi connectivity index (χ3n) is 2.82. The lowest BCUT2D eigenvalue weighted by Gasteiger charge is -2.11. The van der Waals surface area contributed by atoms with Crippen LogP contribution >= 0.6 is 11.6 Å². The molecule has 0 aliphatic carbocycles. The summed E-state index contributed by atoms with van der Waals surface area (Å²) in [6, 6.07) is 9.70. The van der Waals surface area contributed by atoms with Crippen molar-refractivity contribution in [1.29, 1.82) is 0 Å². The molecule has 6 heteroatoms. The third kappa shape index (κ3) is 3.58. The van der Waals surface area contributed by atoms with Crippen LogP contribution in [0, 0.1) is 0 Å². The van der Waals surface area contributed by atoms with E-state index < -0.39 is 11.7 Å². The van der Waals surface area contributed by atoms with E-state index in [2.05, 4.69) is 0 Å². The van der Waals surface area contributed by atoms with Crippen LogP contribution in [0.25, 0.3) is 0 Å². The Morgan fingerprint density at radius 3 is 2.48 bits per heavy atom. The van der Waals surface area contributed by atoms with Gasteiger partial charge in [0.05, 0.1) is 7.11 Å². The van der Waals surface area contributed by atoms with Gasteiger partial charge in [0.1, 0.15) is 17.9 Å². The van der Waals surface area contributed by atoms with Crippen molar-refractivity contribution in [1.82, 2.24) is 0 Å². The number of carbonyl (C=O) groups is 1. The summed E-state index contributed by atoms with van der Waals surface area (Å²) in [4.78, 5) is 11.0. The Morgan fingerprint density at radius 1 is 1.24 bits per heavy atom. The largest absolute Gasteiger partial charge is 0.504 e. The summed E-state index contributed by atoms with van der Waals surface area (Å²) in [7, 11) is 1.57. The van der Waals surface area contributed by atoms with Crippen LogP contribution in [-0.2, 0) is 6.61 Å². The number of methoxy groups -OCH3 is 1. The van der Waals surface area contributed by atoms with Crippen molar-refractivity contribution in [3.8, 4) is 17.2 Å². The Hall–Kier alpha value is -2.40. The molecule has 0 saturated heterocycles. The molecule has 0 amide bonds. The second-order valence-electron chi connectivity index (χ2n) is 4.24. The maximum Gasteiger partial charge on any atom is 0.339 e. The Bertz CT molecular complexity index is 652. The quantitative estimate of drug-likeness (QED) is 0.886. The molecular weight excluding hydrogens is 296 g/mol. The molecule has 2 rings (SSSR count). The fraction of sp³-hybridized carbons (Fsp3) is 0.133. The van der Waals surface area contributed by atoms with Gasteiger partial charge in [0, 0.05) is 11.1 Å². The lowest BCUT2D eigenvalue weighted by atomic mass is 10.2. The van der Waals surface area contributed by atoms with Crippen LogP contribution in [0.4, 0.5) is 0 Å². The standard InChI is InChI=1S/C15H13ClO5/c1-20-11-4-2-9(3-5-11)8-21-13-7-10(16)6-12(14(13)17)15(18)19/h2-7,17H,8H2,1H3,(H,18,19). The highest BCUT2D eigenvalue weighted by Crippen LogP contribution is 2.34. The summed E-state index contributed by atoms with van der Waals surface area (Å²) >= 11 is 5.82. The molecule has 0 radical (unpaired) electrons. The minimum absolute atomic E-state index is 0.0238. The molecule has 21 heavy (non-hydrogen) atoms. The number of halogens is 1. The summed E-state index contributed by atoms with van der Waals surface area (Å²) in [5, 5.41) is 19.0. The van der Waals surface area contributed by atoms with Gasteiger partial charge in [-0.2, -0.15) is 0 Å². The monoisotopic (exact) mass is 308 g/mol. The van der Waals surface area contributed by atoms with E-state index >= 15 is 0 Å². The second kappa shape index (κ2) is 6.37.